The third kappa shape index (κ3) is 4.21. The summed E-state index contributed by atoms with van der Waals surface area (Å²) in [5, 5.41) is 16.1. The van der Waals surface area contributed by atoms with Crippen molar-refractivity contribution < 1.29 is 14.6 Å². The normalized spacial score (nSPS) is 15.8. The van der Waals surface area contributed by atoms with Crippen LogP contribution >= 0.6 is 0 Å². The van der Waals surface area contributed by atoms with E-state index in [9.17, 15) is 9.90 Å². The molecule has 0 heterocycles. The van der Waals surface area contributed by atoms with E-state index < -0.39 is 6.10 Å². The minimum Gasteiger partial charge on any atom is -0.496 e. The summed E-state index contributed by atoms with van der Waals surface area (Å²) in [4.78, 5) is 11.5. The summed E-state index contributed by atoms with van der Waals surface area (Å²) in [6.45, 7) is 2.51. The van der Waals surface area contributed by atoms with Gasteiger partial charge in [0.15, 0.2) is 0 Å². The Bertz CT molecular complexity index is 472. The van der Waals surface area contributed by atoms with E-state index in [0.29, 0.717) is 18.3 Å². The number of ether oxygens (including phenoxy) is 1. The Balaban J connectivity index is 1.82. The van der Waals surface area contributed by atoms with Gasteiger partial charge in [0.2, 0.25) is 5.91 Å². The third-order valence-electron chi connectivity index (χ3n) is 3.31. The van der Waals surface area contributed by atoms with Crippen molar-refractivity contribution >= 4 is 5.91 Å². The number of benzene rings is 1. The van der Waals surface area contributed by atoms with Gasteiger partial charge in [-0.1, -0.05) is 11.6 Å². The van der Waals surface area contributed by atoms with Gasteiger partial charge in [0, 0.05) is 18.2 Å². The van der Waals surface area contributed by atoms with E-state index in [0.717, 1.165) is 24.0 Å². The van der Waals surface area contributed by atoms with Gasteiger partial charge in [0.05, 0.1) is 19.8 Å². The second kappa shape index (κ2) is 6.72. The molecule has 1 aliphatic rings. The maximum atomic E-state index is 11.5. The van der Waals surface area contributed by atoms with E-state index in [1.54, 1.807) is 7.11 Å². The Labute approximate surface area is 119 Å². The van der Waals surface area contributed by atoms with Crippen LogP contribution in [0, 0.1) is 6.92 Å². The van der Waals surface area contributed by atoms with Crippen LogP contribution < -0.4 is 15.4 Å². The number of aryl methyl sites for hydroxylation is 1. The lowest BCUT2D eigenvalue weighted by Crippen LogP contribution is -2.36. The highest BCUT2D eigenvalue weighted by Crippen LogP contribution is 2.25. The minimum absolute atomic E-state index is 0.0177. The lowest BCUT2D eigenvalue weighted by Gasteiger charge is -2.16. The Kier molecular flexibility index (Phi) is 4.98. The number of rotatable bonds is 7. The molecule has 1 aromatic rings. The maximum Gasteiger partial charge on any atom is 0.234 e. The molecule has 1 amide bonds. The fraction of sp³-hybridized carbons (Fsp3) is 0.533. The molecule has 0 spiro atoms. The molecule has 5 heteroatoms. The van der Waals surface area contributed by atoms with E-state index >= 15 is 0 Å². The highest BCUT2D eigenvalue weighted by atomic mass is 16.5. The lowest BCUT2D eigenvalue weighted by atomic mass is 10.1. The average molecular weight is 278 g/mol. The van der Waals surface area contributed by atoms with Crippen LogP contribution in [-0.2, 0) is 4.79 Å². The zero-order chi connectivity index (χ0) is 14.5. The van der Waals surface area contributed by atoms with Crippen molar-refractivity contribution in [2.75, 3.05) is 20.2 Å². The molecule has 3 N–H and O–H groups in total. The smallest absolute Gasteiger partial charge is 0.234 e. The molecule has 0 saturated heterocycles. The van der Waals surface area contributed by atoms with Crippen LogP contribution in [0.25, 0.3) is 0 Å². The van der Waals surface area contributed by atoms with E-state index in [4.69, 9.17) is 4.74 Å². The fourth-order valence-corrected chi connectivity index (χ4v) is 2.05. The van der Waals surface area contributed by atoms with Gasteiger partial charge < -0.3 is 20.5 Å². The van der Waals surface area contributed by atoms with E-state index in [2.05, 4.69) is 10.6 Å². The summed E-state index contributed by atoms with van der Waals surface area (Å²) >= 11 is 0. The molecule has 1 fully saturated rings. The molecule has 1 aliphatic carbocycles. The van der Waals surface area contributed by atoms with Crippen molar-refractivity contribution in [1.29, 1.82) is 0 Å². The summed E-state index contributed by atoms with van der Waals surface area (Å²) in [5.41, 5.74) is 1.80. The topological polar surface area (TPSA) is 70.6 Å². The SMILES string of the molecule is COc1ccc(C)cc1C(O)CNCC(=O)NC1CC1. The molecule has 1 aromatic carbocycles. The van der Waals surface area contributed by atoms with Crippen LogP contribution in [0.3, 0.4) is 0 Å². The van der Waals surface area contributed by atoms with Gasteiger partial charge >= 0.3 is 0 Å². The molecule has 5 nitrogen and oxygen atoms in total. The van der Waals surface area contributed by atoms with Gasteiger partial charge in [0.25, 0.3) is 0 Å². The summed E-state index contributed by atoms with van der Waals surface area (Å²) in [7, 11) is 1.58. The second-order valence-corrected chi connectivity index (χ2v) is 5.23. The average Bonchev–Trinajstić information content (AvgIpc) is 3.22. The summed E-state index contributed by atoms with van der Waals surface area (Å²) in [5.74, 6) is 0.642. The number of hydrogen-bond acceptors (Lipinski definition) is 4. The fourth-order valence-electron chi connectivity index (χ4n) is 2.05. The number of aliphatic hydroxyl groups is 1. The van der Waals surface area contributed by atoms with Gasteiger partial charge in [-0.25, -0.2) is 0 Å². The number of nitrogens with one attached hydrogen (secondary N) is 2. The standard InChI is InChI=1S/C15H22N2O3/c1-10-3-6-14(20-2)12(7-10)13(18)8-16-9-15(19)17-11-4-5-11/h3,6-7,11,13,16,18H,4-5,8-9H2,1-2H3,(H,17,19). The Morgan fingerprint density at radius 3 is 2.90 bits per heavy atom. The number of aliphatic hydroxyl groups excluding tert-OH is 1. The second-order valence-electron chi connectivity index (χ2n) is 5.23. The van der Waals surface area contributed by atoms with Crippen LogP contribution in [0.5, 0.6) is 5.75 Å². The van der Waals surface area contributed by atoms with Gasteiger partial charge in [0.1, 0.15) is 5.75 Å². The molecular formula is C15H22N2O3. The number of methoxy groups -OCH3 is 1. The molecule has 20 heavy (non-hydrogen) atoms. The molecule has 0 aliphatic heterocycles. The van der Waals surface area contributed by atoms with Crippen molar-refractivity contribution in [1.82, 2.24) is 10.6 Å². The van der Waals surface area contributed by atoms with Crippen LogP contribution in [0.1, 0.15) is 30.1 Å². The first kappa shape index (κ1) is 14.8. The molecule has 1 saturated carbocycles. The zero-order valence-corrected chi connectivity index (χ0v) is 12.0. The number of amides is 1. The zero-order valence-electron chi connectivity index (χ0n) is 12.0. The summed E-state index contributed by atoms with van der Waals surface area (Å²) < 4.78 is 5.24. The highest BCUT2D eigenvalue weighted by molar-refractivity contribution is 5.78. The predicted octanol–water partition coefficient (Wildman–Crippen LogP) is 0.905. The third-order valence-corrected chi connectivity index (χ3v) is 3.31. The maximum absolute atomic E-state index is 11.5. The first-order valence-corrected chi connectivity index (χ1v) is 6.93. The molecule has 1 unspecified atom stereocenters. The Morgan fingerprint density at radius 2 is 2.25 bits per heavy atom. The highest BCUT2D eigenvalue weighted by Gasteiger charge is 2.23. The Morgan fingerprint density at radius 1 is 1.50 bits per heavy atom. The van der Waals surface area contributed by atoms with E-state index in [-0.39, 0.29) is 12.5 Å². The monoisotopic (exact) mass is 278 g/mol. The van der Waals surface area contributed by atoms with Crippen molar-refractivity contribution in [3.05, 3.63) is 29.3 Å². The molecule has 1 atom stereocenters. The van der Waals surface area contributed by atoms with Gasteiger partial charge in [-0.05, 0) is 31.9 Å². The van der Waals surface area contributed by atoms with Crippen LogP contribution in [-0.4, -0.2) is 37.3 Å². The lowest BCUT2D eigenvalue weighted by molar-refractivity contribution is -0.120. The summed E-state index contributed by atoms with van der Waals surface area (Å²) in [6, 6.07) is 6.04. The molecule has 0 bridgehead atoms. The van der Waals surface area contributed by atoms with E-state index in [1.807, 2.05) is 25.1 Å². The van der Waals surface area contributed by atoms with Gasteiger partial charge in [-0.15, -0.1) is 0 Å². The van der Waals surface area contributed by atoms with Crippen LogP contribution in [0.15, 0.2) is 18.2 Å². The molecular weight excluding hydrogens is 256 g/mol. The molecule has 110 valence electrons. The van der Waals surface area contributed by atoms with Crippen molar-refractivity contribution in [2.45, 2.75) is 31.9 Å². The van der Waals surface area contributed by atoms with Crippen molar-refractivity contribution in [3.63, 3.8) is 0 Å². The minimum atomic E-state index is -0.696. The van der Waals surface area contributed by atoms with Crippen LogP contribution in [0.4, 0.5) is 0 Å². The van der Waals surface area contributed by atoms with Gasteiger partial charge in [-0.2, -0.15) is 0 Å². The summed E-state index contributed by atoms with van der Waals surface area (Å²) in [6.07, 6.45) is 1.46. The van der Waals surface area contributed by atoms with Crippen molar-refractivity contribution in [3.8, 4) is 5.75 Å². The quantitative estimate of drug-likeness (QED) is 0.693. The first-order valence-electron chi connectivity index (χ1n) is 6.93. The van der Waals surface area contributed by atoms with Gasteiger partial charge in [-0.3, -0.25) is 4.79 Å². The van der Waals surface area contributed by atoms with Crippen LogP contribution in [0.2, 0.25) is 0 Å². The van der Waals surface area contributed by atoms with Crippen molar-refractivity contribution in [2.24, 2.45) is 0 Å². The number of carbonyl (C=O) groups is 1. The molecule has 2 rings (SSSR count). The van der Waals surface area contributed by atoms with E-state index in [1.165, 1.54) is 0 Å². The molecule has 0 aromatic heterocycles. The number of carbonyl (C=O) groups excluding carboxylic acids is 1. The first-order chi connectivity index (χ1) is 9.60. The Hall–Kier alpha value is -1.59. The largest absolute Gasteiger partial charge is 0.496 e. The molecule has 0 radical (unpaired) electrons. The number of hydrogen-bond donors (Lipinski definition) is 3. The predicted molar refractivity (Wildman–Crippen MR) is 76.7 cm³/mol.